The molecule has 0 bridgehead atoms. The molecule has 0 amide bonds. The van der Waals surface area contributed by atoms with Crippen LogP contribution < -0.4 is 5.56 Å². The molecule has 1 aliphatic carbocycles. The van der Waals surface area contributed by atoms with Gasteiger partial charge in [-0.1, -0.05) is 18.2 Å². The van der Waals surface area contributed by atoms with E-state index in [0.29, 0.717) is 11.7 Å². The molecule has 4 nitrogen and oxygen atoms in total. The average molecular weight is 369 g/mol. The van der Waals surface area contributed by atoms with Gasteiger partial charge in [0, 0.05) is 11.8 Å². The van der Waals surface area contributed by atoms with Crippen molar-refractivity contribution in [3.8, 4) is 0 Å². The summed E-state index contributed by atoms with van der Waals surface area (Å²) in [4.78, 5) is 24.9. The molecule has 0 saturated heterocycles. The number of thioether (sulfide) groups is 1. The minimum Gasteiger partial charge on any atom is -0.467 e. The molecule has 4 rings (SSSR count). The van der Waals surface area contributed by atoms with E-state index in [0.717, 1.165) is 29.9 Å². The van der Waals surface area contributed by atoms with Gasteiger partial charge in [-0.25, -0.2) is 4.79 Å². The summed E-state index contributed by atoms with van der Waals surface area (Å²) in [5.41, 5.74) is 6.08. The molecule has 0 spiro atoms. The number of aromatic nitrogens is 1. The largest absolute Gasteiger partial charge is 0.467 e. The number of fused-ring (bicyclic) bond motifs is 1. The Balaban J connectivity index is 1.79. The highest BCUT2D eigenvalue weighted by atomic mass is 32.2. The molecule has 0 unspecified atom stereocenters. The van der Waals surface area contributed by atoms with E-state index in [2.05, 4.69) is 32.0 Å². The van der Waals surface area contributed by atoms with Crippen molar-refractivity contribution in [1.29, 1.82) is 0 Å². The quantitative estimate of drug-likeness (QED) is 0.770. The van der Waals surface area contributed by atoms with Crippen molar-refractivity contribution in [2.75, 3.05) is 12.9 Å². The van der Waals surface area contributed by atoms with Gasteiger partial charge in [0.2, 0.25) is 0 Å². The molecule has 5 heteroatoms. The SMILES string of the molecule is COC(=O)[C@@H]1CSc2c(C3CC3)c(Cc3ccc(C)c(C)c3)cc(=O)n21. The van der Waals surface area contributed by atoms with E-state index in [1.165, 1.54) is 29.4 Å². The molecule has 136 valence electrons. The number of nitrogens with zero attached hydrogens (tertiary/aromatic N) is 1. The Kier molecular flexibility index (Phi) is 4.43. The molecule has 1 fully saturated rings. The number of carbonyl (C=O) groups excluding carboxylic acids is 1. The van der Waals surface area contributed by atoms with Crippen LogP contribution in [0, 0.1) is 13.8 Å². The number of hydrogen-bond acceptors (Lipinski definition) is 4. The summed E-state index contributed by atoms with van der Waals surface area (Å²) < 4.78 is 6.56. The van der Waals surface area contributed by atoms with Gasteiger partial charge in [0.05, 0.1) is 12.1 Å². The maximum atomic E-state index is 12.8. The highest BCUT2D eigenvalue weighted by Crippen LogP contribution is 2.48. The summed E-state index contributed by atoms with van der Waals surface area (Å²) >= 11 is 1.62. The zero-order chi connectivity index (χ0) is 18.4. The number of benzene rings is 1. The van der Waals surface area contributed by atoms with Crippen molar-refractivity contribution < 1.29 is 9.53 Å². The molecule has 2 aliphatic rings. The van der Waals surface area contributed by atoms with Gasteiger partial charge in [-0.05, 0) is 66.8 Å². The van der Waals surface area contributed by atoms with Gasteiger partial charge in [0.25, 0.3) is 5.56 Å². The monoisotopic (exact) mass is 369 g/mol. The number of hydrogen-bond donors (Lipinski definition) is 0. The molecule has 1 saturated carbocycles. The average Bonchev–Trinajstić information content (AvgIpc) is 3.35. The lowest BCUT2D eigenvalue weighted by Crippen LogP contribution is -2.30. The van der Waals surface area contributed by atoms with E-state index in [4.69, 9.17) is 4.74 Å². The first-order valence-corrected chi connectivity index (χ1v) is 10.0. The second-order valence-electron chi connectivity index (χ2n) is 7.32. The molecule has 1 aromatic heterocycles. The van der Waals surface area contributed by atoms with Crippen LogP contribution in [-0.4, -0.2) is 23.4 Å². The Labute approximate surface area is 157 Å². The van der Waals surface area contributed by atoms with Gasteiger partial charge in [-0.2, -0.15) is 0 Å². The Bertz CT molecular complexity index is 943. The van der Waals surface area contributed by atoms with Crippen LogP contribution in [0.2, 0.25) is 0 Å². The second-order valence-corrected chi connectivity index (χ2v) is 8.32. The maximum Gasteiger partial charge on any atom is 0.329 e. The van der Waals surface area contributed by atoms with Gasteiger partial charge >= 0.3 is 5.97 Å². The molecular formula is C21H23NO3S. The number of aryl methyl sites for hydroxylation is 2. The first kappa shape index (κ1) is 17.4. The van der Waals surface area contributed by atoms with Gasteiger partial charge in [0.1, 0.15) is 6.04 Å². The van der Waals surface area contributed by atoms with Crippen molar-refractivity contribution in [3.05, 3.63) is 62.4 Å². The summed E-state index contributed by atoms with van der Waals surface area (Å²) in [5, 5.41) is 0.981. The standard InChI is InChI=1S/C21H23NO3S/c1-12-4-5-14(8-13(12)2)9-16-10-18(23)22-17(21(24)25-3)11-26-20(22)19(16)15-6-7-15/h4-5,8,10,15,17H,6-7,9,11H2,1-3H3/t17-/m0/s1. The van der Waals surface area contributed by atoms with Crippen molar-refractivity contribution in [2.24, 2.45) is 0 Å². The van der Waals surface area contributed by atoms with Crippen LogP contribution in [0.1, 0.15) is 52.6 Å². The van der Waals surface area contributed by atoms with Gasteiger partial charge in [-0.3, -0.25) is 9.36 Å². The lowest BCUT2D eigenvalue weighted by molar-refractivity contribution is -0.143. The third kappa shape index (κ3) is 2.98. The molecular weight excluding hydrogens is 346 g/mol. The van der Waals surface area contributed by atoms with Gasteiger partial charge < -0.3 is 4.74 Å². The van der Waals surface area contributed by atoms with Crippen LogP contribution in [0.4, 0.5) is 0 Å². The zero-order valence-electron chi connectivity index (χ0n) is 15.4. The van der Waals surface area contributed by atoms with Crippen molar-refractivity contribution in [1.82, 2.24) is 4.57 Å². The van der Waals surface area contributed by atoms with E-state index >= 15 is 0 Å². The fraction of sp³-hybridized carbons (Fsp3) is 0.429. The maximum absolute atomic E-state index is 12.8. The van der Waals surface area contributed by atoms with Crippen molar-refractivity contribution in [3.63, 3.8) is 0 Å². The topological polar surface area (TPSA) is 48.3 Å². The lowest BCUT2D eigenvalue weighted by atomic mass is 9.96. The minimum absolute atomic E-state index is 0.0939. The normalized spacial score (nSPS) is 18.7. The third-order valence-electron chi connectivity index (χ3n) is 5.44. The van der Waals surface area contributed by atoms with E-state index in [9.17, 15) is 9.59 Å². The summed E-state index contributed by atoms with van der Waals surface area (Å²) in [6.45, 7) is 4.23. The molecule has 2 aromatic rings. The number of rotatable bonds is 4. The molecule has 1 aromatic carbocycles. The fourth-order valence-electron chi connectivity index (χ4n) is 3.74. The van der Waals surface area contributed by atoms with Gasteiger partial charge in [-0.15, -0.1) is 11.8 Å². The lowest BCUT2D eigenvalue weighted by Gasteiger charge is -2.17. The number of methoxy groups -OCH3 is 1. The van der Waals surface area contributed by atoms with Crippen LogP contribution in [0.15, 0.2) is 34.1 Å². The van der Waals surface area contributed by atoms with Crippen molar-refractivity contribution in [2.45, 2.75) is 50.1 Å². The van der Waals surface area contributed by atoms with E-state index in [1.807, 2.05) is 0 Å². The van der Waals surface area contributed by atoms with Crippen LogP contribution >= 0.6 is 11.8 Å². The van der Waals surface area contributed by atoms with Crippen LogP contribution in [-0.2, 0) is 16.0 Å². The Morgan fingerprint density at radius 2 is 2.00 bits per heavy atom. The predicted octanol–water partition coefficient (Wildman–Crippen LogP) is 3.75. The molecule has 26 heavy (non-hydrogen) atoms. The summed E-state index contributed by atoms with van der Waals surface area (Å²) in [6, 6.07) is 7.74. The highest BCUT2D eigenvalue weighted by molar-refractivity contribution is 7.99. The first-order valence-electron chi connectivity index (χ1n) is 9.04. The minimum atomic E-state index is -0.499. The number of carbonyl (C=O) groups is 1. The van der Waals surface area contributed by atoms with Crippen LogP contribution in [0.25, 0.3) is 0 Å². The fourth-order valence-corrected chi connectivity index (χ4v) is 5.15. The van der Waals surface area contributed by atoms with E-state index < -0.39 is 6.04 Å². The molecule has 1 atom stereocenters. The summed E-state index contributed by atoms with van der Waals surface area (Å²) in [6.07, 6.45) is 3.09. The number of ether oxygens (including phenoxy) is 1. The summed E-state index contributed by atoms with van der Waals surface area (Å²) in [7, 11) is 1.38. The Morgan fingerprint density at radius 3 is 2.65 bits per heavy atom. The van der Waals surface area contributed by atoms with Crippen LogP contribution in [0.5, 0.6) is 0 Å². The predicted molar refractivity (Wildman–Crippen MR) is 103 cm³/mol. The summed E-state index contributed by atoms with van der Waals surface area (Å²) in [5.74, 6) is 0.763. The highest BCUT2D eigenvalue weighted by Gasteiger charge is 2.38. The van der Waals surface area contributed by atoms with E-state index in [-0.39, 0.29) is 11.5 Å². The number of pyridine rings is 1. The second kappa shape index (κ2) is 6.62. The molecule has 2 heterocycles. The zero-order valence-corrected chi connectivity index (χ0v) is 16.2. The molecule has 1 aliphatic heterocycles. The third-order valence-corrected chi connectivity index (χ3v) is 6.62. The number of esters is 1. The van der Waals surface area contributed by atoms with Crippen molar-refractivity contribution >= 4 is 17.7 Å². The van der Waals surface area contributed by atoms with Gasteiger partial charge in [0.15, 0.2) is 0 Å². The van der Waals surface area contributed by atoms with E-state index in [1.54, 1.807) is 22.4 Å². The molecule has 0 N–H and O–H groups in total. The smallest absolute Gasteiger partial charge is 0.329 e. The van der Waals surface area contributed by atoms with Crippen LogP contribution in [0.3, 0.4) is 0 Å². The first-order chi connectivity index (χ1) is 12.5. The molecule has 0 radical (unpaired) electrons. The Morgan fingerprint density at radius 1 is 1.23 bits per heavy atom. The Hall–Kier alpha value is -2.01.